The molecule has 0 aromatic heterocycles. The fourth-order valence-corrected chi connectivity index (χ4v) is 2.47. The number of hydrogen-bond donors (Lipinski definition) is 2. The van der Waals surface area contributed by atoms with Crippen molar-refractivity contribution in [3.05, 3.63) is 34.9 Å². The van der Waals surface area contributed by atoms with E-state index in [9.17, 15) is 0 Å². The Kier molecular flexibility index (Phi) is 6.34. The van der Waals surface area contributed by atoms with Crippen LogP contribution in [0.15, 0.2) is 24.3 Å². The van der Waals surface area contributed by atoms with Crippen LogP contribution in [0.5, 0.6) is 0 Å². The Labute approximate surface area is 113 Å². The number of aliphatic hydroxyl groups is 1. The molecule has 1 unspecified atom stereocenters. The van der Waals surface area contributed by atoms with Crippen LogP contribution in [-0.4, -0.2) is 23.0 Å². The minimum atomic E-state index is -0.430. The third kappa shape index (κ3) is 6.32. The summed E-state index contributed by atoms with van der Waals surface area (Å²) in [5.41, 5.74) is 6.71. The average molecular weight is 274 g/mol. The number of thioether (sulfide) groups is 1. The van der Waals surface area contributed by atoms with Crippen molar-refractivity contribution >= 4 is 23.4 Å². The van der Waals surface area contributed by atoms with Gasteiger partial charge in [-0.1, -0.05) is 23.7 Å². The van der Waals surface area contributed by atoms with Gasteiger partial charge in [-0.2, -0.15) is 11.8 Å². The van der Waals surface area contributed by atoms with Gasteiger partial charge in [-0.3, -0.25) is 0 Å². The van der Waals surface area contributed by atoms with E-state index >= 15 is 0 Å². The van der Waals surface area contributed by atoms with Gasteiger partial charge in [0, 0.05) is 16.3 Å². The van der Waals surface area contributed by atoms with Crippen molar-refractivity contribution < 1.29 is 5.11 Å². The van der Waals surface area contributed by atoms with Gasteiger partial charge in [0.1, 0.15) is 0 Å². The van der Waals surface area contributed by atoms with Crippen molar-refractivity contribution in [1.29, 1.82) is 0 Å². The molecular weight excluding hydrogens is 254 g/mol. The molecule has 0 saturated carbocycles. The molecule has 17 heavy (non-hydrogen) atoms. The zero-order valence-electron chi connectivity index (χ0n) is 10.2. The molecule has 1 aromatic carbocycles. The Morgan fingerprint density at radius 1 is 1.35 bits per heavy atom. The number of benzene rings is 1. The molecule has 4 heteroatoms. The summed E-state index contributed by atoms with van der Waals surface area (Å²) in [6, 6.07) is 7.94. The van der Waals surface area contributed by atoms with Crippen molar-refractivity contribution in [2.24, 2.45) is 5.73 Å². The van der Waals surface area contributed by atoms with Gasteiger partial charge in [-0.05, 0) is 43.2 Å². The van der Waals surface area contributed by atoms with E-state index in [0.717, 1.165) is 29.4 Å². The molecule has 2 nitrogen and oxygen atoms in total. The second-order valence-electron chi connectivity index (χ2n) is 4.59. The van der Waals surface area contributed by atoms with Gasteiger partial charge in [-0.25, -0.2) is 0 Å². The molecule has 0 radical (unpaired) electrons. The highest BCUT2D eigenvalue weighted by molar-refractivity contribution is 7.98. The van der Waals surface area contributed by atoms with Crippen molar-refractivity contribution in [3.8, 4) is 0 Å². The molecule has 96 valence electrons. The highest BCUT2D eigenvalue weighted by Crippen LogP contribution is 2.18. The third-order valence-corrected chi connectivity index (χ3v) is 3.95. The van der Waals surface area contributed by atoms with E-state index in [4.69, 9.17) is 22.4 Å². The van der Waals surface area contributed by atoms with Crippen LogP contribution >= 0.6 is 23.4 Å². The van der Waals surface area contributed by atoms with Gasteiger partial charge >= 0.3 is 0 Å². The Balaban J connectivity index is 2.14. The highest BCUT2D eigenvalue weighted by Gasteiger charge is 2.15. The van der Waals surface area contributed by atoms with E-state index in [0.29, 0.717) is 0 Å². The second kappa shape index (κ2) is 7.27. The lowest BCUT2D eigenvalue weighted by Gasteiger charge is -2.21. The Bertz CT molecular complexity index is 327. The average Bonchev–Trinajstić information content (AvgIpc) is 2.31. The van der Waals surface area contributed by atoms with Crippen LogP contribution < -0.4 is 5.73 Å². The predicted molar refractivity (Wildman–Crippen MR) is 76.5 cm³/mol. The number of rotatable bonds is 7. The number of nitrogens with two attached hydrogens (primary N) is 1. The summed E-state index contributed by atoms with van der Waals surface area (Å²) in [7, 11) is 0. The van der Waals surface area contributed by atoms with Crippen LogP contribution in [-0.2, 0) is 5.75 Å². The molecule has 0 saturated heterocycles. The molecule has 0 aliphatic heterocycles. The van der Waals surface area contributed by atoms with Crippen molar-refractivity contribution in [1.82, 2.24) is 0 Å². The van der Waals surface area contributed by atoms with Crippen LogP contribution in [0.4, 0.5) is 0 Å². The molecule has 1 rings (SSSR count). The maximum atomic E-state index is 9.01. The van der Waals surface area contributed by atoms with Crippen molar-refractivity contribution in [3.63, 3.8) is 0 Å². The minimum absolute atomic E-state index is 0.0504. The fourth-order valence-electron chi connectivity index (χ4n) is 1.43. The van der Waals surface area contributed by atoms with E-state index in [1.807, 2.05) is 30.8 Å². The molecule has 0 amide bonds. The topological polar surface area (TPSA) is 46.2 Å². The van der Waals surface area contributed by atoms with Gasteiger partial charge < -0.3 is 10.8 Å². The normalized spacial score (nSPS) is 14.6. The maximum Gasteiger partial charge on any atom is 0.0608 e. The van der Waals surface area contributed by atoms with Gasteiger partial charge in [0.15, 0.2) is 0 Å². The molecule has 0 fully saturated rings. The van der Waals surface area contributed by atoms with Crippen LogP contribution in [0.2, 0.25) is 5.02 Å². The van der Waals surface area contributed by atoms with Crippen LogP contribution in [0.3, 0.4) is 0 Å². The van der Waals surface area contributed by atoms with E-state index in [-0.39, 0.29) is 6.61 Å². The molecule has 0 aliphatic rings. The lowest BCUT2D eigenvalue weighted by molar-refractivity contribution is 0.200. The zero-order chi connectivity index (χ0) is 12.7. The Morgan fingerprint density at radius 3 is 2.59 bits per heavy atom. The smallest absolute Gasteiger partial charge is 0.0608 e. The molecule has 0 bridgehead atoms. The zero-order valence-corrected chi connectivity index (χ0v) is 11.7. The van der Waals surface area contributed by atoms with E-state index < -0.39 is 5.54 Å². The summed E-state index contributed by atoms with van der Waals surface area (Å²) in [5, 5.41) is 9.79. The molecule has 0 aliphatic carbocycles. The molecule has 3 N–H and O–H groups in total. The summed E-state index contributed by atoms with van der Waals surface area (Å²) in [5.74, 6) is 2.06. The Hall–Kier alpha value is -0.220. The quantitative estimate of drug-likeness (QED) is 0.751. The summed E-state index contributed by atoms with van der Waals surface area (Å²) in [6.07, 6.45) is 1.89. The molecule has 1 atom stereocenters. The highest BCUT2D eigenvalue weighted by atomic mass is 35.5. The SMILES string of the molecule is CC(N)(CO)CCCSCc1ccc(Cl)cc1. The van der Waals surface area contributed by atoms with E-state index in [1.54, 1.807) is 0 Å². The first-order valence-corrected chi connectivity index (χ1v) is 7.29. The standard InChI is InChI=1S/C13H20ClNOS/c1-13(15,10-16)7-2-8-17-9-11-3-5-12(14)6-4-11/h3-6,16H,2,7-10,15H2,1H3. The first kappa shape index (κ1) is 14.8. The van der Waals surface area contributed by atoms with Crippen molar-refractivity contribution in [2.45, 2.75) is 31.1 Å². The number of hydrogen-bond acceptors (Lipinski definition) is 3. The van der Waals surface area contributed by atoms with Crippen LogP contribution in [0.1, 0.15) is 25.3 Å². The lowest BCUT2D eigenvalue weighted by atomic mass is 9.99. The summed E-state index contributed by atoms with van der Waals surface area (Å²) < 4.78 is 0. The van der Waals surface area contributed by atoms with Gasteiger partial charge in [0.2, 0.25) is 0 Å². The summed E-state index contributed by atoms with van der Waals surface area (Å²) in [6.45, 7) is 1.94. The Morgan fingerprint density at radius 2 is 2.00 bits per heavy atom. The van der Waals surface area contributed by atoms with Crippen LogP contribution in [0.25, 0.3) is 0 Å². The van der Waals surface area contributed by atoms with Gasteiger partial charge in [0.05, 0.1) is 6.61 Å². The summed E-state index contributed by atoms with van der Waals surface area (Å²) >= 11 is 7.70. The minimum Gasteiger partial charge on any atom is -0.394 e. The van der Waals surface area contributed by atoms with E-state index in [1.165, 1.54) is 5.56 Å². The molecule has 0 spiro atoms. The monoisotopic (exact) mass is 273 g/mol. The largest absolute Gasteiger partial charge is 0.394 e. The molecular formula is C13H20ClNOS. The first-order chi connectivity index (χ1) is 8.03. The van der Waals surface area contributed by atoms with Crippen LogP contribution in [0, 0.1) is 0 Å². The predicted octanol–water partition coefficient (Wildman–Crippen LogP) is 3.06. The van der Waals surface area contributed by atoms with E-state index in [2.05, 4.69) is 12.1 Å². The third-order valence-electron chi connectivity index (χ3n) is 2.58. The molecule has 0 heterocycles. The maximum absolute atomic E-state index is 9.01. The summed E-state index contributed by atoms with van der Waals surface area (Å²) in [4.78, 5) is 0. The van der Waals surface area contributed by atoms with Gasteiger partial charge in [-0.15, -0.1) is 0 Å². The number of halogens is 1. The van der Waals surface area contributed by atoms with Crippen molar-refractivity contribution in [2.75, 3.05) is 12.4 Å². The second-order valence-corrected chi connectivity index (χ2v) is 6.14. The fraction of sp³-hybridized carbons (Fsp3) is 0.538. The van der Waals surface area contributed by atoms with Gasteiger partial charge in [0.25, 0.3) is 0 Å². The number of aliphatic hydroxyl groups excluding tert-OH is 1. The lowest BCUT2D eigenvalue weighted by Crippen LogP contribution is -2.40. The molecule has 1 aromatic rings. The first-order valence-electron chi connectivity index (χ1n) is 5.75.